The number of rotatable bonds is 6. The van der Waals surface area contributed by atoms with Crippen molar-refractivity contribution in [3.05, 3.63) is 70.2 Å². The number of benzene rings is 2. The molecule has 0 saturated heterocycles. The summed E-state index contributed by atoms with van der Waals surface area (Å²) in [6, 6.07) is 16.2. The number of nitrogens with one attached hydrogen (secondary N) is 1. The Morgan fingerprint density at radius 1 is 1.24 bits per heavy atom. The van der Waals surface area contributed by atoms with Crippen molar-refractivity contribution in [2.24, 2.45) is 0 Å². The number of halogens is 1. The van der Waals surface area contributed by atoms with E-state index in [1.807, 2.05) is 31.3 Å². The number of thioether (sulfide) groups is 1. The molecule has 25 heavy (non-hydrogen) atoms. The number of carbonyl (C=O) groups excluding carboxylic acids is 1. The van der Waals surface area contributed by atoms with Crippen LogP contribution in [0.15, 0.2) is 48.5 Å². The number of hydrogen-bond donors (Lipinski definition) is 1. The van der Waals surface area contributed by atoms with Crippen LogP contribution in [0.3, 0.4) is 0 Å². The van der Waals surface area contributed by atoms with E-state index in [-0.39, 0.29) is 11.9 Å². The average molecular weight is 375 g/mol. The van der Waals surface area contributed by atoms with Gasteiger partial charge in [0.05, 0.1) is 6.04 Å². The molecule has 0 fully saturated rings. The maximum absolute atomic E-state index is 12.5. The van der Waals surface area contributed by atoms with Crippen molar-refractivity contribution in [3.63, 3.8) is 0 Å². The number of amides is 1. The highest BCUT2D eigenvalue weighted by molar-refractivity contribution is 7.98. The minimum Gasteiger partial charge on any atom is -0.354 e. The fourth-order valence-electron chi connectivity index (χ4n) is 3.13. The van der Waals surface area contributed by atoms with Gasteiger partial charge in [-0.05, 0) is 42.3 Å². The first-order valence-electron chi connectivity index (χ1n) is 8.50. The summed E-state index contributed by atoms with van der Waals surface area (Å²) >= 11 is 7.80. The predicted molar refractivity (Wildman–Crippen MR) is 106 cm³/mol. The lowest BCUT2D eigenvalue weighted by Gasteiger charge is -2.33. The smallest absolute Gasteiger partial charge is 0.237 e. The van der Waals surface area contributed by atoms with Crippen molar-refractivity contribution in [2.45, 2.75) is 24.8 Å². The van der Waals surface area contributed by atoms with E-state index >= 15 is 0 Å². The van der Waals surface area contributed by atoms with Crippen molar-refractivity contribution in [1.29, 1.82) is 0 Å². The summed E-state index contributed by atoms with van der Waals surface area (Å²) in [7, 11) is 2.02. The monoisotopic (exact) mass is 374 g/mol. The summed E-state index contributed by atoms with van der Waals surface area (Å²) in [5.74, 6) is 1.93. The molecule has 1 atom stereocenters. The molecule has 1 heterocycles. The Hall–Kier alpha value is -1.49. The first kappa shape index (κ1) is 18.3. The molecule has 3 nitrogen and oxygen atoms in total. The van der Waals surface area contributed by atoms with Gasteiger partial charge in [-0.1, -0.05) is 48.0 Å². The molecule has 1 N–H and O–H groups in total. The van der Waals surface area contributed by atoms with Crippen molar-refractivity contribution < 1.29 is 4.79 Å². The second-order valence-electron chi connectivity index (χ2n) is 6.38. The van der Waals surface area contributed by atoms with E-state index < -0.39 is 0 Å². The third kappa shape index (κ3) is 5.00. The van der Waals surface area contributed by atoms with Gasteiger partial charge in [-0.2, -0.15) is 11.8 Å². The van der Waals surface area contributed by atoms with Crippen LogP contribution >= 0.6 is 23.4 Å². The van der Waals surface area contributed by atoms with Gasteiger partial charge in [0.1, 0.15) is 0 Å². The van der Waals surface area contributed by atoms with Crippen molar-refractivity contribution in [3.8, 4) is 0 Å². The Morgan fingerprint density at radius 3 is 2.84 bits per heavy atom. The normalized spacial score (nSPS) is 17.1. The van der Waals surface area contributed by atoms with Crippen LogP contribution in [0.5, 0.6) is 0 Å². The molecule has 0 spiro atoms. The number of carbonyl (C=O) groups is 1. The second-order valence-corrected chi connectivity index (χ2v) is 7.92. The van der Waals surface area contributed by atoms with Crippen LogP contribution in [0.1, 0.15) is 16.7 Å². The molecule has 132 valence electrons. The Morgan fingerprint density at radius 2 is 2.04 bits per heavy atom. The van der Waals surface area contributed by atoms with Crippen LogP contribution in [0.25, 0.3) is 0 Å². The largest absolute Gasteiger partial charge is 0.354 e. The molecule has 0 saturated carbocycles. The van der Waals surface area contributed by atoms with E-state index in [9.17, 15) is 4.79 Å². The van der Waals surface area contributed by atoms with Gasteiger partial charge in [0.25, 0.3) is 0 Å². The molecular formula is C20H23ClN2OS. The van der Waals surface area contributed by atoms with Crippen LogP contribution in [-0.2, 0) is 23.5 Å². The first-order valence-corrected chi connectivity index (χ1v) is 10.0. The number of nitrogens with zero attached hydrogens (tertiary/aromatic N) is 1. The van der Waals surface area contributed by atoms with Gasteiger partial charge in [-0.15, -0.1) is 0 Å². The molecule has 5 heteroatoms. The maximum atomic E-state index is 12.5. The lowest BCUT2D eigenvalue weighted by atomic mass is 9.94. The summed E-state index contributed by atoms with van der Waals surface area (Å²) in [6.07, 6.45) is 0.786. The van der Waals surface area contributed by atoms with Crippen molar-refractivity contribution in [1.82, 2.24) is 10.2 Å². The van der Waals surface area contributed by atoms with Crippen LogP contribution in [0.2, 0.25) is 5.02 Å². The quantitative estimate of drug-likeness (QED) is 0.781. The Kier molecular flexibility index (Phi) is 6.40. The summed E-state index contributed by atoms with van der Waals surface area (Å²) < 4.78 is 0. The zero-order valence-electron chi connectivity index (χ0n) is 14.4. The first-order chi connectivity index (χ1) is 12.1. The predicted octanol–water partition coefficient (Wildman–Crippen LogP) is 3.75. The number of hydrogen-bond acceptors (Lipinski definition) is 3. The van der Waals surface area contributed by atoms with Gasteiger partial charge in [-0.3, -0.25) is 9.69 Å². The highest BCUT2D eigenvalue weighted by Crippen LogP contribution is 2.22. The summed E-state index contributed by atoms with van der Waals surface area (Å²) in [5, 5.41) is 3.85. The minimum atomic E-state index is -0.0761. The van der Waals surface area contributed by atoms with E-state index in [2.05, 4.69) is 34.5 Å². The summed E-state index contributed by atoms with van der Waals surface area (Å²) in [6.45, 7) is 1.52. The summed E-state index contributed by atoms with van der Waals surface area (Å²) in [5.41, 5.74) is 3.83. The van der Waals surface area contributed by atoms with Gasteiger partial charge >= 0.3 is 0 Å². The number of likely N-dealkylation sites (N-methyl/N-ethyl adjacent to an activating group) is 1. The van der Waals surface area contributed by atoms with E-state index in [0.29, 0.717) is 6.54 Å². The van der Waals surface area contributed by atoms with E-state index in [4.69, 9.17) is 11.6 Å². The highest BCUT2D eigenvalue weighted by Gasteiger charge is 2.28. The summed E-state index contributed by atoms with van der Waals surface area (Å²) in [4.78, 5) is 14.7. The van der Waals surface area contributed by atoms with Crippen LogP contribution in [0.4, 0.5) is 0 Å². The van der Waals surface area contributed by atoms with Crippen molar-refractivity contribution in [2.75, 3.05) is 19.3 Å². The Balaban J connectivity index is 1.42. The third-order valence-electron chi connectivity index (χ3n) is 4.49. The van der Waals surface area contributed by atoms with Gasteiger partial charge in [0.2, 0.25) is 5.91 Å². The Labute approximate surface area is 158 Å². The van der Waals surface area contributed by atoms with Gasteiger partial charge in [0, 0.05) is 29.6 Å². The second kappa shape index (κ2) is 8.75. The molecule has 0 bridgehead atoms. The SMILES string of the molecule is CN1Cc2ccccc2CC1C(=O)NCCSCc1cccc(Cl)c1. The maximum Gasteiger partial charge on any atom is 0.237 e. The topological polar surface area (TPSA) is 32.3 Å². The molecule has 1 unspecified atom stereocenters. The van der Waals surface area contributed by atoms with Crippen LogP contribution < -0.4 is 5.32 Å². The molecule has 1 amide bonds. The molecule has 1 aliphatic rings. The lowest BCUT2D eigenvalue weighted by Crippen LogP contribution is -2.48. The zero-order valence-corrected chi connectivity index (χ0v) is 15.9. The van der Waals surface area contributed by atoms with E-state index in [0.717, 1.165) is 29.5 Å². The van der Waals surface area contributed by atoms with Crippen LogP contribution in [-0.4, -0.2) is 36.2 Å². The highest BCUT2D eigenvalue weighted by atomic mass is 35.5. The molecule has 0 aliphatic carbocycles. The molecule has 2 aromatic rings. The van der Waals surface area contributed by atoms with E-state index in [1.165, 1.54) is 16.7 Å². The lowest BCUT2D eigenvalue weighted by molar-refractivity contribution is -0.126. The van der Waals surface area contributed by atoms with Gasteiger partial charge < -0.3 is 5.32 Å². The molecule has 0 radical (unpaired) electrons. The molecular weight excluding hydrogens is 352 g/mol. The van der Waals surface area contributed by atoms with Crippen molar-refractivity contribution >= 4 is 29.3 Å². The minimum absolute atomic E-state index is 0.0761. The molecule has 1 aliphatic heterocycles. The molecule has 0 aromatic heterocycles. The van der Waals surface area contributed by atoms with Crippen LogP contribution in [0, 0.1) is 0 Å². The van der Waals surface area contributed by atoms with E-state index in [1.54, 1.807) is 11.8 Å². The Bertz CT molecular complexity index is 737. The standard InChI is InChI=1S/C20H23ClN2OS/c1-23-13-17-7-3-2-6-16(17)12-19(23)20(24)22-9-10-25-14-15-5-4-8-18(21)11-15/h2-8,11,19H,9-10,12-14H2,1H3,(H,22,24). The van der Waals surface area contributed by atoms with Gasteiger partial charge in [-0.25, -0.2) is 0 Å². The fraction of sp³-hybridized carbons (Fsp3) is 0.350. The third-order valence-corrected chi connectivity index (χ3v) is 5.75. The fourth-order valence-corrected chi connectivity index (χ4v) is 4.15. The number of fused-ring (bicyclic) bond motifs is 1. The average Bonchev–Trinajstić information content (AvgIpc) is 2.60. The molecule has 3 rings (SSSR count). The molecule has 2 aromatic carbocycles. The zero-order chi connectivity index (χ0) is 17.6. The van der Waals surface area contributed by atoms with Gasteiger partial charge in [0.15, 0.2) is 0 Å².